The molecule has 0 radical (unpaired) electrons. The normalized spacial score (nSPS) is 13.8. The van der Waals surface area contributed by atoms with E-state index in [4.69, 9.17) is 4.74 Å². The maximum atomic E-state index is 12.3. The SMILES string of the molecule is CC(C(=O)OCC(=O)Nc1ncc([N+](=O)[O-])s1)N1C(=O)c2ccccc2C1=O. The second-order valence-corrected chi connectivity index (χ2v) is 6.63. The van der Waals surface area contributed by atoms with Gasteiger partial charge in [-0.1, -0.05) is 12.1 Å². The van der Waals surface area contributed by atoms with Gasteiger partial charge in [0.2, 0.25) is 0 Å². The van der Waals surface area contributed by atoms with Crippen molar-refractivity contribution in [1.29, 1.82) is 0 Å². The van der Waals surface area contributed by atoms with Crippen LogP contribution in [0.1, 0.15) is 27.6 Å². The number of benzene rings is 1. The lowest BCUT2D eigenvalue weighted by atomic mass is 10.1. The van der Waals surface area contributed by atoms with Gasteiger partial charge in [0.25, 0.3) is 17.7 Å². The lowest BCUT2D eigenvalue weighted by molar-refractivity contribution is -0.380. The number of hydrogen-bond acceptors (Lipinski definition) is 9. The highest BCUT2D eigenvalue weighted by Gasteiger charge is 2.41. The molecule has 0 saturated carbocycles. The van der Waals surface area contributed by atoms with Crippen molar-refractivity contribution in [2.24, 2.45) is 0 Å². The number of carbonyl (C=O) groups is 4. The summed E-state index contributed by atoms with van der Waals surface area (Å²) >= 11 is 0.644. The van der Waals surface area contributed by atoms with Crippen LogP contribution in [0.3, 0.4) is 0 Å². The van der Waals surface area contributed by atoms with Gasteiger partial charge in [-0.15, -0.1) is 0 Å². The van der Waals surface area contributed by atoms with E-state index in [0.29, 0.717) is 11.3 Å². The predicted octanol–water partition coefficient (Wildman–Crippen LogP) is 1.22. The first-order valence-corrected chi connectivity index (χ1v) is 8.65. The number of thiazole rings is 1. The first-order valence-electron chi connectivity index (χ1n) is 7.83. The Morgan fingerprint density at radius 2 is 1.89 bits per heavy atom. The van der Waals surface area contributed by atoms with Gasteiger partial charge in [0.15, 0.2) is 11.7 Å². The molecule has 3 amide bonds. The smallest absolute Gasteiger partial charge is 0.345 e. The monoisotopic (exact) mass is 404 g/mol. The van der Waals surface area contributed by atoms with E-state index in [1.54, 1.807) is 12.1 Å². The zero-order valence-electron chi connectivity index (χ0n) is 14.3. The number of amides is 3. The molecule has 1 aromatic carbocycles. The van der Waals surface area contributed by atoms with Crippen molar-refractivity contribution in [2.45, 2.75) is 13.0 Å². The number of imide groups is 1. The predicted molar refractivity (Wildman–Crippen MR) is 94.8 cm³/mol. The van der Waals surface area contributed by atoms with Gasteiger partial charge in [0.05, 0.1) is 16.1 Å². The average Bonchev–Trinajstić information content (AvgIpc) is 3.23. The van der Waals surface area contributed by atoms with E-state index < -0.39 is 41.3 Å². The number of carbonyl (C=O) groups excluding carboxylic acids is 4. The van der Waals surface area contributed by atoms with Gasteiger partial charge in [0, 0.05) is 0 Å². The largest absolute Gasteiger partial charge is 0.454 e. The average molecular weight is 404 g/mol. The van der Waals surface area contributed by atoms with Crippen molar-refractivity contribution in [1.82, 2.24) is 9.88 Å². The second kappa shape index (κ2) is 7.52. The summed E-state index contributed by atoms with van der Waals surface area (Å²) in [5.74, 6) is -2.96. The van der Waals surface area contributed by atoms with Gasteiger partial charge in [-0.25, -0.2) is 9.78 Å². The molecular formula is C16H12N4O7S. The van der Waals surface area contributed by atoms with Crippen molar-refractivity contribution in [3.05, 3.63) is 51.7 Å². The topological polar surface area (TPSA) is 149 Å². The van der Waals surface area contributed by atoms with Crippen LogP contribution in [-0.2, 0) is 14.3 Å². The van der Waals surface area contributed by atoms with Crippen molar-refractivity contribution in [3.63, 3.8) is 0 Å². The van der Waals surface area contributed by atoms with Crippen LogP contribution in [0.15, 0.2) is 30.5 Å². The summed E-state index contributed by atoms with van der Waals surface area (Å²) in [6.07, 6.45) is 0.983. The summed E-state index contributed by atoms with van der Waals surface area (Å²) in [5, 5.41) is 12.6. The number of ether oxygens (including phenoxy) is 1. The minimum Gasteiger partial charge on any atom is -0.454 e. The van der Waals surface area contributed by atoms with Crippen LogP contribution in [0.5, 0.6) is 0 Å². The number of esters is 1. The Labute approximate surface area is 161 Å². The molecule has 1 N–H and O–H groups in total. The molecule has 12 heteroatoms. The summed E-state index contributed by atoms with van der Waals surface area (Å²) < 4.78 is 4.85. The van der Waals surface area contributed by atoms with Crippen LogP contribution in [0.2, 0.25) is 0 Å². The molecule has 0 fully saturated rings. The summed E-state index contributed by atoms with van der Waals surface area (Å²) in [6, 6.07) is 4.93. The third-order valence-electron chi connectivity index (χ3n) is 3.82. The highest BCUT2D eigenvalue weighted by Crippen LogP contribution is 2.26. The number of rotatable bonds is 6. The Hall–Kier alpha value is -3.67. The fourth-order valence-electron chi connectivity index (χ4n) is 2.49. The Kier molecular flexibility index (Phi) is 5.13. The zero-order chi connectivity index (χ0) is 20.4. The number of nitro groups is 1. The molecular weight excluding hydrogens is 392 g/mol. The summed E-state index contributed by atoms with van der Waals surface area (Å²) in [6.45, 7) is 0.603. The van der Waals surface area contributed by atoms with Gasteiger partial charge in [-0.05, 0) is 30.4 Å². The minimum absolute atomic E-state index is 0.0267. The Morgan fingerprint density at radius 1 is 1.29 bits per heavy atom. The Bertz CT molecular complexity index is 967. The first kappa shape index (κ1) is 19.1. The molecule has 2 aromatic rings. The lowest BCUT2D eigenvalue weighted by Gasteiger charge is -2.20. The van der Waals surface area contributed by atoms with Crippen molar-refractivity contribution in [2.75, 3.05) is 11.9 Å². The zero-order valence-corrected chi connectivity index (χ0v) is 15.1. The molecule has 28 heavy (non-hydrogen) atoms. The number of nitrogens with zero attached hydrogens (tertiary/aromatic N) is 3. The molecule has 3 rings (SSSR count). The summed E-state index contributed by atoms with van der Waals surface area (Å²) in [7, 11) is 0. The number of aromatic nitrogens is 1. The fourth-order valence-corrected chi connectivity index (χ4v) is 3.13. The van der Waals surface area contributed by atoms with Gasteiger partial charge in [-0.3, -0.25) is 34.7 Å². The van der Waals surface area contributed by atoms with E-state index in [2.05, 4.69) is 10.3 Å². The number of fused-ring (bicyclic) bond motifs is 1. The summed E-state index contributed by atoms with van der Waals surface area (Å²) in [5.41, 5.74) is 0.380. The van der Waals surface area contributed by atoms with E-state index >= 15 is 0 Å². The van der Waals surface area contributed by atoms with Crippen LogP contribution >= 0.6 is 11.3 Å². The molecule has 144 valence electrons. The van der Waals surface area contributed by atoms with Crippen molar-refractivity contribution in [3.8, 4) is 0 Å². The highest BCUT2D eigenvalue weighted by atomic mass is 32.1. The van der Waals surface area contributed by atoms with Crippen LogP contribution in [0.4, 0.5) is 10.1 Å². The van der Waals surface area contributed by atoms with E-state index in [9.17, 15) is 29.3 Å². The molecule has 1 aromatic heterocycles. The van der Waals surface area contributed by atoms with Gasteiger partial charge in [0.1, 0.15) is 12.2 Å². The fraction of sp³-hybridized carbons (Fsp3) is 0.188. The van der Waals surface area contributed by atoms with Crippen LogP contribution in [0, 0.1) is 10.1 Å². The molecule has 1 aliphatic heterocycles. The highest BCUT2D eigenvalue weighted by molar-refractivity contribution is 7.18. The maximum Gasteiger partial charge on any atom is 0.345 e. The Morgan fingerprint density at radius 3 is 2.43 bits per heavy atom. The van der Waals surface area contributed by atoms with E-state index in [1.807, 2.05) is 0 Å². The van der Waals surface area contributed by atoms with Crippen LogP contribution < -0.4 is 5.32 Å². The van der Waals surface area contributed by atoms with Gasteiger partial charge in [-0.2, -0.15) is 0 Å². The standard InChI is InChI=1S/C16H12N4O7S/c1-8(19-13(22)9-4-2-3-5-10(9)14(19)23)15(24)27-7-11(21)18-16-17-6-12(28-16)20(25)26/h2-6,8H,7H2,1H3,(H,17,18,21). The summed E-state index contributed by atoms with van der Waals surface area (Å²) in [4.78, 5) is 63.0. The van der Waals surface area contributed by atoms with Crippen molar-refractivity contribution >= 4 is 45.2 Å². The molecule has 0 saturated heterocycles. The third-order valence-corrected chi connectivity index (χ3v) is 4.68. The molecule has 11 nitrogen and oxygen atoms in total. The number of anilines is 1. The van der Waals surface area contributed by atoms with E-state index in [1.165, 1.54) is 19.1 Å². The van der Waals surface area contributed by atoms with Crippen molar-refractivity contribution < 1.29 is 28.8 Å². The molecule has 1 atom stereocenters. The van der Waals surface area contributed by atoms with Gasteiger partial charge >= 0.3 is 11.0 Å². The van der Waals surface area contributed by atoms with Crippen LogP contribution in [-0.4, -0.2) is 51.1 Å². The minimum atomic E-state index is -1.24. The molecule has 2 heterocycles. The second-order valence-electron chi connectivity index (χ2n) is 5.62. The molecule has 0 aliphatic carbocycles. The maximum absolute atomic E-state index is 12.3. The van der Waals surface area contributed by atoms with Gasteiger partial charge < -0.3 is 4.74 Å². The van der Waals surface area contributed by atoms with E-state index in [-0.39, 0.29) is 21.3 Å². The molecule has 0 bridgehead atoms. The number of hydrogen-bond donors (Lipinski definition) is 1. The first-order chi connectivity index (χ1) is 13.3. The Balaban J connectivity index is 1.57. The molecule has 1 unspecified atom stereocenters. The van der Waals surface area contributed by atoms with Crippen LogP contribution in [0.25, 0.3) is 0 Å². The number of nitrogens with one attached hydrogen (secondary N) is 1. The molecule has 1 aliphatic rings. The van der Waals surface area contributed by atoms with E-state index in [0.717, 1.165) is 11.1 Å². The quantitative estimate of drug-likeness (QED) is 0.327. The third kappa shape index (κ3) is 3.57. The lowest BCUT2D eigenvalue weighted by Crippen LogP contribution is -2.44. The molecule has 0 spiro atoms.